The van der Waals surface area contributed by atoms with Crippen molar-refractivity contribution in [3.05, 3.63) is 35.6 Å². The van der Waals surface area contributed by atoms with Gasteiger partial charge in [-0.2, -0.15) is 0 Å². The Kier molecular flexibility index (Phi) is 3.83. The first-order valence-electron chi connectivity index (χ1n) is 5.43. The number of thioether (sulfide) groups is 1. The second kappa shape index (κ2) is 5.34. The Hall–Kier alpha value is -1.03. The minimum Gasteiger partial charge on any atom is -0.365 e. The van der Waals surface area contributed by atoms with Crippen molar-refractivity contribution in [2.45, 2.75) is 18.6 Å². The fourth-order valence-electron chi connectivity index (χ4n) is 1.58. The van der Waals surface area contributed by atoms with Crippen molar-refractivity contribution in [2.24, 2.45) is 4.99 Å². The summed E-state index contributed by atoms with van der Waals surface area (Å²) in [6.07, 6.45) is 0.825. The summed E-state index contributed by atoms with van der Waals surface area (Å²) in [4.78, 5) is 4.36. The maximum atomic E-state index is 12.9. The number of hydrogen-bond acceptors (Lipinski definition) is 3. The molecule has 0 aromatic heterocycles. The summed E-state index contributed by atoms with van der Waals surface area (Å²) < 4.78 is 12.9. The molecule has 1 heterocycles. The quantitative estimate of drug-likeness (QED) is 0.874. The number of rotatable bonds is 3. The molecule has 1 atom stereocenters. The third-order valence-corrected chi connectivity index (χ3v) is 3.43. The standard InChI is InChI=1S/C12H15FN2S/c1-9-8-15-12(16-9)14-6-5-10-3-2-4-11(13)7-10/h2-4,7,9H,5-6,8H2,1H3,(H,14,15). The number of nitrogens with one attached hydrogen (secondary N) is 1. The number of aliphatic imine (C=N–C) groups is 1. The molecule has 1 aromatic carbocycles. The summed E-state index contributed by atoms with van der Waals surface area (Å²) in [5, 5.41) is 4.87. The van der Waals surface area contributed by atoms with E-state index in [2.05, 4.69) is 17.2 Å². The Labute approximate surface area is 99.3 Å². The van der Waals surface area contributed by atoms with Gasteiger partial charge in [0.1, 0.15) is 5.82 Å². The smallest absolute Gasteiger partial charge is 0.156 e. The molecule has 16 heavy (non-hydrogen) atoms. The number of amidine groups is 1. The van der Waals surface area contributed by atoms with E-state index < -0.39 is 0 Å². The SMILES string of the molecule is CC1CN=C(NCCc2cccc(F)c2)S1. The van der Waals surface area contributed by atoms with Gasteiger partial charge in [-0.1, -0.05) is 30.8 Å². The molecule has 2 nitrogen and oxygen atoms in total. The second-order valence-corrected chi connectivity index (χ2v) is 5.31. The van der Waals surface area contributed by atoms with Gasteiger partial charge in [0.15, 0.2) is 5.17 Å². The Bertz CT molecular complexity index is 392. The molecule has 0 aliphatic carbocycles. The van der Waals surface area contributed by atoms with Gasteiger partial charge in [0.25, 0.3) is 0 Å². The van der Waals surface area contributed by atoms with E-state index in [1.807, 2.05) is 6.07 Å². The summed E-state index contributed by atoms with van der Waals surface area (Å²) in [6, 6.07) is 6.73. The van der Waals surface area contributed by atoms with Gasteiger partial charge in [0.05, 0.1) is 6.54 Å². The van der Waals surface area contributed by atoms with Gasteiger partial charge in [0.2, 0.25) is 0 Å². The lowest BCUT2D eigenvalue weighted by atomic mass is 10.1. The highest BCUT2D eigenvalue weighted by atomic mass is 32.2. The predicted octanol–water partition coefficient (Wildman–Crippen LogP) is 2.45. The van der Waals surface area contributed by atoms with Crippen LogP contribution in [0, 0.1) is 5.82 Å². The lowest BCUT2D eigenvalue weighted by Gasteiger charge is -2.05. The summed E-state index contributed by atoms with van der Waals surface area (Å²) >= 11 is 1.77. The first-order valence-corrected chi connectivity index (χ1v) is 6.31. The van der Waals surface area contributed by atoms with Gasteiger partial charge in [-0.05, 0) is 24.1 Å². The van der Waals surface area contributed by atoms with Crippen LogP contribution in [-0.2, 0) is 6.42 Å². The van der Waals surface area contributed by atoms with Gasteiger partial charge >= 0.3 is 0 Å². The first-order chi connectivity index (χ1) is 7.74. The highest BCUT2D eigenvalue weighted by molar-refractivity contribution is 8.14. The van der Waals surface area contributed by atoms with Crippen molar-refractivity contribution in [3.8, 4) is 0 Å². The zero-order valence-corrected chi connectivity index (χ0v) is 10.1. The number of hydrogen-bond donors (Lipinski definition) is 1. The monoisotopic (exact) mass is 238 g/mol. The fourth-order valence-corrected chi connectivity index (χ4v) is 2.45. The average Bonchev–Trinajstić information content (AvgIpc) is 2.64. The minimum atomic E-state index is -0.168. The molecule has 1 N–H and O–H groups in total. The van der Waals surface area contributed by atoms with Gasteiger partial charge in [-0.25, -0.2) is 4.39 Å². The molecule has 0 bridgehead atoms. The van der Waals surface area contributed by atoms with E-state index in [9.17, 15) is 4.39 Å². The average molecular weight is 238 g/mol. The van der Waals surface area contributed by atoms with Crippen LogP contribution in [0.25, 0.3) is 0 Å². The minimum absolute atomic E-state index is 0.168. The van der Waals surface area contributed by atoms with Gasteiger partial charge in [-0.3, -0.25) is 4.99 Å². The van der Waals surface area contributed by atoms with E-state index in [-0.39, 0.29) is 5.82 Å². The first kappa shape index (κ1) is 11.5. The molecule has 1 unspecified atom stereocenters. The van der Waals surface area contributed by atoms with Crippen LogP contribution in [0.2, 0.25) is 0 Å². The molecule has 2 rings (SSSR count). The molecule has 0 fully saturated rings. The van der Waals surface area contributed by atoms with Crippen LogP contribution in [0.15, 0.2) is 29.3 Å². The molecule has 0 saturated carbocycles. The Morgan fingerprint density at radius 1 is 1.56 bits per heavy atom. The molecule has 1 aromatic rings. The van der Waals surface area contributed by atoms with Crippen molar-refractivity contribution < 1.29 is 4.39 Å². The van der Waals surface area contributed by atoms with Crippen molar-refractivity contribution >= 4 is 16.9 Å². The molecule has 4 heteroatoms. The van der Waals surface area contributed by atoms with Crippen molar-refractivity contribution in [1.29, 1.82) is 0 Å². The molecular weight excluding hydrogens is 223 g/mol. The Morgan fingerprint density at radius 2 is 2.44 bits per heavy atom. The van der Waals surface area contributed by atoms with E-state index >= 15 is 0 Å². The van der Waals surface area contributed by atoms with E-state index in [0.29, 0.717) is 5.25 Å². The van der Waals surface area contributed by atoms with E-state index in [1.54, 1.807) is 23.9 Å². The maximum Gasteiger partial charge on any atom is 0.156 e. The Balaban J connectivity index is 1.76. The van der Waals surface area contributed by atoms with Crippen LogP contribution in [0.5, 0.6) is 0 Å². The zero-order valence-electron chi connectivity index (χ0n) is 9.24. The third-order valence-electron chi connectivity index (χ3n) is 2.38. The van der Waals surface area contributed by atoms with Crippen LogP contribution < -0.4 is 5.32 Å². The predicted molar refractivity (Wildman–Crippen MR) is 67.5 cm³/mol. The fraction of sp³-hybridized carbons (Fsp3) is 0.417. The normalized spacial score (nSPS) is 19.6. The topological polar surface area (TPSA) is 24.4 Å². The van der Waals surface area contributed by atoms with Gasteiger partial charge in [0, 0.05) is 11.8 Å². The summed E-state index contributed by atoms with van der Waals surface area (Å²) in [5.74, 6) is -0.168. The highest BCUT2D eigenvalue weighted by Crippen LogP contribution is 2.18. The number of nitrogens with zero attached hydrogens (tertiary/aromatic N) is 1. The molecule has 0 amide bonds. The van der Waals surface area contributed by atoms with Crippen LogP contribution in [0.1, 0.15) is 12.5 Å². The van der Waals surface area contributed by atoms with Gasteiger partial charge in [-0.15, -0.1) is 0 Å². The van der Waals surface area contributed by atoms with Gasteiger partial charge < -0.3 is 5.32 Å². The van der Waals surface area contributed by atoms with Crippen LogP contribution in [-0.4, -0.2) is 23.5 Å². The maximum absolute atomic E-state index is 12.9. The summed E-state index contributed by atoms with van der Waals surface area (Å²) in [6.45, 7) is 3.87. The second-order valence-electron chi connectivity index (χ2n) is 3.88. The lowest BCUT2D eigenvalue weighted by Crippen LogP contribution is -2.22. The molecule has 1 aliphatic heterocycles. The van der Waals surface area contributed by atoms with Crippen LogP contribution in [0.3, 0.4) is 0 Å². The van der Waals surface area contributed by atoms with E-state index in [4.69, 9.17) is 0 Å². The molecule has 0 saturated heterocycles. The molecule has 1 aliphatic rings. The van der Waals surface area contributed by atoms with E-state index in [1.165, 1.54) is 6.07 Å². The summed E-state index contributed by atoms with van der Waals surface area (Å²) in [7, 11) is 0. The largest absolute Gasteiger partial charge is 0.365 e. The van der Waals surface area contributed by atoms with Crippen molar-refractivity contribution in [2.75, 3.05) is 13.1 Å². The summed E-state index contributed by atoms with van der Waals surface area (Å²) in [5.41, 5.74) is 1.02. The number of benzene rings is 1. The van der Waals surface area contributed by atoms with Crippen molar-refractivity contribution in [3.63, 3.8) is 0 Å². The van der Waals surface area contributed by atoms with E-state index in [0.717, 1.165) is 30.2 Å². The van der Waals surface area contributed by atoms with Crippen molar-refractivity contribution in [1.82, 2.24) is 5.32 Å². The Morgan fingerprint density at radius 3 is 3.12 bits per heavy atom. The lowest BCUT2D eigenvalue weighted by molar-refractivity contribution is 0.625. The highest BCUT2D eigenvalue weighted by Gasteiger charge is 2.13. The molecular formula is C12H15FN2S. The number of halogens is 1. The molecule has 86 valence electrons. The molecule has 0 radical (unpaired) electrons. The third kappa shape index (κ3) is 3.23. The van der Waals surface area contributed by atoms with Crippen LogP contribution >= 0.6 is 11.8 Å². The van der Waals surface area contributed by atoms with Crippen LogP contribution in [0.4, 0.5) is 4.39 Å². The zero-order chi connectivity index (χ0) is 11.4. The molecule has 0 spiro atoms.